The van der Waals surface area contributed by atoms with Gasteiger partial charge in [0.2, 0.25) is 5.91 Å². The van der Waals surface area contributed by atoms with E-state index in [1.54, 1.807) is 6.08 Å². The van der Waals surface area contributed by atoms with Crippen molar-refractivity contribution < 1.29 is 4.79 Å². The van der Waals surface area contributed by atoms with Gasteiger partial charge in [-0.15, -0.1) is 11.3 Å². The lowest BCUT2D eigenvalue weighted by Crippen LogP contribution is -2.34. The summed E-state index contributed by atoms with van der Waals surface area (Å²) in [5.41, 5.74) is 1.07. The Morgan fingerprint density at radius 1 is 1.32 bits per heavy atom. The molecule has 1 aromatic heterocycles. The molecule has 1 aromatic rings. The molecule has 3 nitrogen and oxygen atoms in total. The highest BCUT2D eigenvalue weighted by Gasteiger charge is 2.17. The minimum absolute atomic E-state index is 0.165. The maximum atomic E-state index is 12.0. The van der Waals surface area contributed by atoms with Crippen molar-refractivity contribution in [3.8, 4) is 0 Å². The van der Waals surface area contributed by atoms with E-state index in [1.807, 2.05) is 30.1 Å². The first kappa shape index (κ1) is 14.3. The average molecular weight is 278 g/mol. The molecule has 0 bridgehead atoms. The number of hydrogen-bond acceptors (Lipinski definition) is 3. The lowest BCUT2D eigenvalue weighted by Gasteiger charge is -2.20. The first-order chi connectivity index (χ1) is 9.15. The Balaban J connectivity index is 1.87. The minimum Gasteiger partial charge on any atom is -0.338 e. The maximum absolute atomic E-state index is 12.0. The second kappa shape index (κ2) is 6.87. The molecule has 1 aliphatic heterocycles. The topological polar surface area (TPSA) is 23.6 Å². The minimum atomic E-state index is 0.165. The van der Waals surface area contributed by atoms with E-state index < -0.39 is 0 Å². The summed E-state index contributed by atoms with van der Waals surface area (Å²) in [6, 6.07) is 4.28. The number of nitrogens with zero attached hydrogens (tertiary/aromatic N) is 2. The number of thiophene rings is 1. The first-order valence-electron chi connectivity index (χ1n) is 6.83. The van der Waals surface area contributed by atoms with Crippen molar-refractivity contribution in [3.63, 3.8) is 0 Å². The molecule has 2 rings (SSSR count). The summed E-state index contributed by atoms with van der Waals surface area (Å²) in [5.74, 6) is 0.165. The van der Waals surface area contributed by atoms with Crippen LogP contribution < -0.4 is 0 Å². The van der Waals surface area contributed by atoms with E-state index >= 15 is 0 Å². The van der Waals surface area contributed by atoms with E-state index in [4.69, 9.17) is 0 Å². The lowest BCUT2D eigenvalue weighted by molar-refractivity contribution is -0.125. The molecule has 1 amide bonds. The molecular weight excluding hydrogens is 256 g/mol. The second-order valence-electron chi connectivity index (χ2n) is 5.26. The monoisotopic (exact) mass is 278 g/mol. The van der Waals surface area contributed by atoms with Crippen molar-refractivity contribution in [2.45, 2.75) is 26.8 Å². The summed E-state index contributed by atoms with van der Waals surface area (Å²) in [5, 5.41) is 2.12. The zero-order chi connectivity index (χ0) is 13.7. The fourth-order valence-corrected chi connectivity index (χ4v) is 3.06. The zero-order valence-corrected chi connectivity index (χ0v) is 12.6. The van der Waals surface area contributed by atoms with Crippen LogP contribution in [0.15, 0.2) is 29.2 Å². The number of carbonyl (C=O) groups excluding carboxylic acids is 1. The molecule has 0 saturated carbocycles. The van der Waals surface area contributed by atoms with Crippen LogP contribution in [0.25, 0.3) is 0 Å². The molecule has 0 radical (unpaired) electrons. The Morgan fingerprint density at radius 3 is 2.84 bits per heavy atom. The van der Waals surface area contributed by atoms with Gasteiger partial charge in [-0.2, -0.15) is 0 Å². The Morgan fingerprint density at radius 2 is 2.16 bits per heavy atom. The number of allylic oxidation sites excluding steroid dienone is 1. The van der Waals surface area contributed by atoms with Crippen LogP contribution in [0.2, 0.25) is 0 Å². The predicted octanol–water partition coefficient (Wildman–Crippen LogP) is 2.75. The van der Waals surface area contributed by atoms with Crippen LogP contribution in [-0.4, -0.2) is 41.9 Å². The van der Waals surface area contributed by atoms with Gasteiger partial charge in [0.05, 0.1) is 0 Å². The van der Waals surface area contributed by atoms with Crippen molar-refractivity contribution in [2.75, 3.05) is 26.2 Å². The van der Waals surface area contributed by atoms with Gasteiger partial charge in [0.15, 0.2) is 0 Å². The smallest absolute Gasteiger partial charge is 0.246 e. The van der Waals surface area contributed by atoms with Gasteiger partial charge >= 0.3 is 0 Å². The Bertz CT molecular complexity index is 435. The standard InChI is InChI=1S/C15H22N2OS/c1-13(2)11-15(18)17-7-4-6-16(8-9-17)12-14-5-3-10-19-14/h3,5,10-11H,4,6-9,12H2,1-2H3. The van der Waals surface area contributed by atoms with Gasteiger partial charge in [0.1, 0.15) is 0 Å². The van der Waals surface area contributed by atoms with E-state index in [0.29, 0.717) is 0 Å². The summed E-state index contributed by atoms with van der Waals surface area (Å²) < 4.78 is 0. The van der Waals surface area contributed by atoms with Crippen LogP contribution in [0.3, 0.4) is 0 Å². The molecule has 104 valence electrons. The zero-order valence-electron chi connectivity index (χ0n) is 11.8. The molecule has 2 heterocycles. The summed E-state index contributed by atoms with van der Waals surface area (Å²) in [4.78, 5) is 17.8. The highest BCUT2D eigenvalue weighted by atomic mass is 32.1. The van der Waals surface area contributed by atoms with Crippen molar-refractivity contribution >= 4 is 17.2 Å². The SMILES string of the molecule is CC(C)=CC(=O)N1CCCN(Cc2cccs2)CC1. The third-order valence-corrected chi connectivity index (χ3v) is 4.13. The molecule has 0 aromatic carbocycles. The summed E-state index contributed by atoms with van der Waals surface area (Å²) in [6.07, 6.45) is 2.81. The predicted molar refractivity (Wildman–Crippen MR) is 80.2 cm³/mol. The molecule has 19 heavy (non-hydrogen) atoms. The second-order valence-corrected chi connectivity index (χ2v) is 6.29. The number of hydrogen-bond donors (Lipinski definition) is 0. The van der Waals surface area contributed by atoms with Crippen molar-refractivity contribution in [3.05, 3.63) is 34.0 Å². The fourth-order valence-electron chi connectivity index (χ4n) is 2.31. The molecule has 0 spiro atoms. The van der Waals surface area contributed by atoms with E-state index in [0.717, 1.165) is 44.7 Å². The van der Waals surface area contributed by atoms with Crippen LogP contribution in [0.5, 0.6) is 0 Å². The normalized spacial score (nSPS) is 17.1. The van der Waals surface area contributed by atoms with Crippen molar-refractivity contribution in [1.29, 1.82) is 0 Å². The third-order valence-electron chi connectivity index (χ3n) is 3.27. The molecule has 1 aliphatic rings. The summed E-state index contributed by atoms with van der Waals surface area (Å²) in [7, 11) is 0. The van der Waals surface area contributed by atoms with E-state index in [2.05, 4.69) is 22.4 Å². The van der Waals surface area contributed by atoms with E-state index in [9.17, 15) is 4.79 Å². The lowest BCUT2D eigenvalue weighted by atomic mass is 10.3. The molecule has 4 heteroatoms. The number of rotatable bonds is 3. The highest BCUT2D eigenvalue weighted by molar-refractivity contribution is 7.09. The Labute approximate surface area is 119 Å². The van der Waals surface area contributed by atoms with Crippen LogP contribution in [0.4, 0.5) is 0 Å². The Hall–Kier alpha value is -1.13. The highest BCUT2D eigenvalue weighted by Crippen LogP contribution is 2.14. The molecule has 1 saturated heterocycles. The van der Waals surface area contributed by atoms with Gasteiger partial charge < -0.3 is 4.90 Å². The van der Waals surface area contributed by atoms with Gasteiger partial charge in [0.25, 0.3) is 0 Å². The van der Waals surface area contributed by atoms with Crippen LogP contribution in [0.1, 0.15) is 25.1 Å². The molecular formula is C15H22N2OS. The van der Waals surface area contributed by atoms with Gasteiger partial charge in [-0.25, -0.2) is 0 Å². The molecule has 0 atom stereocenters. The van der Waals surface area contributed by atoms with Gasteiger partial charge in [-0.1, -0.05) is 11.6 Å². The largest absolute Gasteiger partial charge is 0.338 e. The Kier molecular flexibility index (Phi) is 5.16. The number of carbonyl (C=O) groups is 1. The molecule has 0 aliphatic carbocycles. The fraction of sp³-hybridized carbons (Fsp3) is 0.533. The summed E-state index contributed by atoms with van der Waals surface area (Å²) in [6.45, 7) is 8.73. The van der Waals surface area contributed by atoms with Gasteiger partial charge in [0, 0.05) is 43.7 Å². The third kappa shape index (κ3) is 4.48. The number of amides is 1. The molecule has 0 N–H and O–H groups in total. The first-order valence-corrected chi connectivity index (χ1v) is 7.71. The van der Waals surface area contributed by atoms with E-state index in [-0.39, 0.29) is 5.91 Å². The summed E-state index contributed by atoms with van der Waals surface area (Å²) >= 11 is 1.81. The van der Waals surface area contributed by atoms with E-state index in [1.165, 1.54) is 4.88 Å². The van der Waals surface area contributed by atoms with Gasteiger partial charge in [-0.05, 0) is 31.7 Å². The van der Waals surface area contributed by atoms with Crippen LogP contribution >= 0.6 is 11.3 Å². The maximum Gasteiger partial charge on any atom is 0.246 e. The van der Waals surface area contributed by atoms with Crippen LogP contribution in [0, 0.1) is 0 Å². The van der Waals surface area contributed by atoms with Crippen molar-refractivity contribution in [2.24, 2.45) is 0 Å². The van der Waals surface area contributed by atoms with Gasteiger partial charge in [-0.3, -0.25) is 9.69 Å². The molecule has 1 fully saturated rings. The van der Waals surface area contributed by atoms with Crippen molar-refractivity contribution in [1.82, 2.24) is 9.80 Å². The van der Waals surface area contributed by atoms with Crippen LogP contribution in [-0.2, 0) is 11.3 Å². The molecule has 0 unspecified atom stereocenters. The quantitative estimate of drug-likeness (QED) is 0.794. The average Bonchev–Trinajstić information content (AvgIpc) is 2.73.